The largest absolute Gasteiger partial charge is 0.349 e. The van der Waals surface area contributed by atoms with E-state index in [4.69, 9.17) is 0 Å². The van der Waals surface area contributed by atoms with E-state index in [9.17, 15) is 13.2 Å². The third kappa shape index (κ3) is 5.05. The third-order valence-electron chi connectivity index (χ3n) is 4.67. The first-order chi connectivity index (χ1) is 11.3. The Hall–Kier alpha value is -1.40. The zero-order chi connectivity index (χ0) is 17.7. The highest BCUT2D eigenvalue weighted by Crippen LogP contribution is 2.23. The van der Waals surface area contributed by atoms with E-state index in [2.05, 4.69) is 17.0 Å². The van der Waals surface area contributed by atoms with Gasteiger partial charge in [-0.15, -0.1) is 0 Å². The molecule has 0 aliphatic heterocycles. The van der Waals surface area contributed by atoms with Gasteiger partial charge >= 0.3 is 0 Å². The number of carbonyl (C=O) groups is 1. The van der Waals surface area contributed by atoms with Gasteiger partial charge in [0, 0.05) is 17.6 Å². The van der Waals surface area contributed by atoms with Gasteiger partial charge in [-0.05, 0) is 56.4 Å². The first-order valence-electron chi connectivity index (χ1n) is 8.75. The summed E-state index contributed by atoms with van der Waals surface area (Å²) in [6.07, 6.45) is 5.12. The molecule has 134 valence electrons. The fourth-order valence-corrected chi connectivity index (χ4v) is 4.36. The van der Waals surface area contributed by atoms with Gasteiger partial charge in [0.05, 0.1) is 4.90 Å². The van der Waals surface area contributed by atoms with Crippen LogP contribution < -0.4 is 10.0 Å². The SMILES string of the molecule is CC[C@H](C)NS(=O)(=O)c1ccc(C(=O)N[C@@H]2CCC[C@@H](C)C2)cc1. The second-order valence-electron chi connectivity index (χ2n) is 6.90. The molecular formula is C18H28N2O3S. The van der Waals surface area contributed by atoms with Crippen LogP contribution >= 0.6 is 0 Å². The van der Waals surface area contributed by atoms with Crippen LogP contribution in [0.4, 0.5) is 0 Å². The number of sulfonamides is 1. The van der Waals surface area contributed by atoms with E-state index in [1.54, 1.807) is 12.1 Å². The molecule has 6 heteroatoms. The molecule has 1 fully saturated rings. The summed E-state index contributed by atoms with van der Waals surface area (Å²) in [4.78, 5) is 12.5. The Morgan fingerprint density at radius 1 is 1.25 bits per heavy atom. The van der Waals surface area contributed by atoms with E-state index in [1.165, 1.54) is 18.6 Å². The minimum atomic E-state index is -3.53. The van der Waals surface area contributed by atoms with Crippen molar-refractivity contribution < 1.29 is 13.2 Å². The fourth-order valence-electron chi connectivity index (χ4n) is 3.04. The summed E-state index contributed by atoms with van der Waals surface area (Å²) >= 11 is 0. The fraction of sp³-hybridized carbons (Fsp3) is 0.611. The predicted molar refractivity (Wildman–Crippen MR) is 95.4 cm³/mol. The van der Waals surface area contributed by atoms with Crippen molar-refractivity contribution >= 4 is 15.9 Å². The van der Waals surface area contributed by atoms with Crippen LogP contribution in [-0.2, 0) is 10.0 Å². The molecule has 3 atom stereocenters. The second kappa shape index (κ2) is 8.12. The highest BCUT2D eigenvalue weighted by Gasteiger charge is 2.21. The summed E-state index contributed by atoms with van der Waals surface area (Å²) in [5.74, 6) is 0.510. The molecule has 1 amide bonds. The van der Waals surface area contributed by atoms with E-state index in [1.807, 2.05) is 13.8 Å². The summed E-state index contributed by atoms with van der Waals surface area (Å²) in [6, 6.07) is 6.23. The Morgan fingerprint density at radius 3 is 2.50 bits per heavy atom. The van der Waals surface area contributed by atoms with E-state index in [-0.39, 0.29) is 22.9 Å². The summed E-state index contributed by atoms with van der Waals surface area (Å²) in [5.41, 5.74) is 0.496. The predicted octanol–water partition coefficient (Wildman–Crippen LogP) is 3.07. The Labute approximate surface area is 145 Å². The lowest BCUT2D eigenvalue weighted by Gasteiger charge is -2.27. The first-order valence-corrected chi connectivity index (χ1v) is 10.2. The molecule has 1 aromatic rings. The van der Waals surface area contributed by atoms with Gasteiger partial charge in [-0.2, -0.15) is 0 Å². The van der Waals surface area contributed by atoms with E-state index in [0.29, 0.717) is 11.5 Å². The van der Waals surface area contributed by atoms with Crippen molar-refractivity contribution in [2.24, 2.45) is 5.92 Å². The van der Waals surface area contributed by atoms with Gasteiger partial charge in [-0.1, -0.05) is 26.7 Å². The average molecular weight is 353 g/mol. The summed E-state index contributed by atoms with van der Waals surface area (Å²) in [7, 11) is -3.53. The number of carbonyl (C=O) groups excluding carboxylic acids is 1. The van der Waals surface area contributed by atoms with Crippen LogP contribution in [0.25, 0.3) is 0 Å². The molecule has 0 radical (unpaired) electrons. The third-order valence-corrected chi connectivity index (χ3v) is 6.27. The lowest BCUT2D eigenvalue weighted by molar-refractivity contribution is 0.0921. The molecule has 0 spiro atoms. The van der Waals surface area contributed by atoms with E-state index >= 15 is 0 Å². The summed E-state index contributed by atoms with van der Waals surface area (Å²) in [6.45, 7) is 5.96. The number of nitrogens with one attached hydrogen (secondary N) is 2. The van der Waals surface area contributed by atoms with Crippen molar-refractivity contribution in [2.45, 2.75) is 69.9 Å². The van der Waals surface area contributed by atoms with Crippen molar-refractivity contribution in [3.8, 4) is 0 Å². The highest BCUT2D eigenvalue weighted by molar-refractivity contribution is 7.89. The van der Waals surface area contributed by atoms with Gasteiger partial charge in [0.25, 0.3) is 5.91 Å². The Morgan fingerprint density at radius 2 is 1.92 bits per heavy atom. The number of rotatable bonds is 6. The molecule has 0 bridgehead atoms. The van der Waals surface area contributed by atoms with Crippen LogP contribution in [-0.4, -0.2) is 26.4 Å². The Balaban J connectivity index is 2.02. The Kier molecular flexibility index (Phi) is 6.40. The average Bonchev–Trinajstić information content (AvgIpc) is 2.54. The molecule has 1 aliphatic carbocycles. The molecule has 0 aromatic heterocycles. The van der Waals surface area contributed by atoms with Crippen molar-refractivity contribution in [1.29, 1.82) is 0 Å². The number of amides is 1. The minimum Gasteiger partial charge on any atom is -0.349 e. The van der Waals surface area contributed by atoms with E-state index < -0.39 is 10.0 Å². The standard InChI is InChI=1S/C18H28N2O3S/c1-4-14(3)20-24(22,23)17-10-8-15(9-11-17)18(21)19-16-7-5-6-13(2)12-16/h8-11,13-14,16,20H,4-7,12H2,1-3H3,(H,19,21)/t13-,14+,16-/m1/s1. The molecule has 0 heterocycles. The maximum absolute atomic E-state index is 12.3. The van der Waals surface area contributed by atoms with Gasteiger partial charge < -0.3 is 5.32 Å². The number of hydrogen-bond acceptors (Lipinski definition) is 3. The van der Waals surface area contributed by atoms with Gasteiger partial charge in [-0.3, -0.25) is 4.79 Å². The Bertz CT molecular complexity index is 655. The summed E-state index contributed by atoms with van der Waals surface area (Å²) in [5, 5.41) is 3.06. The molecule has 24 heavy (non-hydrogen) atoms. The van der Waals surface area contributed by atoms with Crippen LogP contribution in [0.15, 0.2) is 29.2 Å². The van der Waals surface area contributed by atoms with Crippen LogP contribution in [0.3, 0.4) is 0 Å². The monoisotopic (exact) mass is 352 g/mol. The van der Waals surface area contributed by atoms with Crippen molar-refractivity contribution in [1.82, 2.24) is 10.0 Å². The highest BCUT2D eigenvalue weighted by atomic mass is 32.2. The quantitative estimate of drug-likeness (QED) is 0.826. The zero-order valence-electron chi connectivity index (χ0n) is 14.7. The molecular weight excluding hydrogens is 324 g/mol. The normalized spacial score (nSPS) is 22.8. The minimum absolute atomic E-state index is 0.119. The molecule has 0 saturated heterocycles. The van der Waals surface area contributed by atoms with Crippen molar-refractivity contribution in [3.63, 3.8) is 0 Å². The van der Waals surface area contributed by atoms with Crippen LogP contribution in [0.1, 0.15) is 63.2 Å². The molecule has 5 nitrogen and oxygen atoms in total. The number of hydrogen-bond donors (Lipinski definition) is 2. The van der Waals surface area contributed by atoms with E-state index in [0.717, 1.165) is 25.7 Å². The first kappa shape index (κ1) is 18.9. The molecule has 1 saturated carbocycles. The molecule has 0 unspecified atom stereocenters. The van der Waals surface area contributed by atoms with Crippen LogP contribution in [0, 0.1) is 5.92 Å². The molecule has 1 aliphatic rings. The maximum atomic E-state index is 12.3. The lowest BCUT2D eigenvalue weighted by Crippen LogP contribution is -2.38. The van der Waals surface area contributed by atoms with Crippen molar-refractivity contribution in [2.75, 3.05) is 0 Å². The molecule has 1 aromatic carbocycles. The molecule has 2 N–H and O–H groups in total. The lowest BCUT2D eigenvalue weighted by atomic mass is 9.87. The maximum Gasteiger partial charge on any atom is 0.251 e. The van der Waals surface area contributed by atoms with Gasteiger partial charge in [0.15, 0.2) is 0 Å². The topological polar surface area (TPSA) is 75.3 Å². The summed E-state index contributed by atoms with van der Waals surface area (Å²) < 4.78 is 27.1. The number of benzene rings is 1. The van der Waals surface area contributed by atoms with Crippen molar-refractivity contribution in [3.05, 3.63) is 29.8 Å². The second-order valence-corrected chi connectivity index (χ2v) is 8.61. The van der Waals surface area contributed by atoms with Gasteiger partial charge in [0.1, 0.15) is 0 Å². The smallest absolute Gasteiger partial charge is 0.251 e. The molecule has 2 rings (SSSR count). The van der Waals surface area contributed by atoms with Crippen LogP contribution in [0.2, 0.25) is 0 Å². The van der Waals surface area contributed by atoms with Gasteiger partial charge in [-0.25, -0.2) is 13.1 Å². The zero-order valence-corrected chi connectivity index (χ0v) is 15.5. The van der Waals surface area contributed by atoms with Gasteiger partial charge in [0.2, 0.25) is 10.0 Å². The van der Waals surface area contributed by atoms with Crippen LogP contribution in [0.5, 0.6) is 0 Å².